The molecule has 0 saturated carbocycles. The zero-order valence-electron chi connectivity index (χ0n) is 14.4. The largest absolute Gasteiger partial charge is 0.497 e. The van der Waals surface area contributed by atoms with E-state index < -0.39 is 0 Å². The van der Waals surface area contributed by atoms with Gasteiger partial charge in [0.1, 0.15) is 5.75 Å². The molecule has 1 N–H and O–H groups in total. The third kappa shape index (κ3) is 6.59. The number of benzene rings is 1. The van der Waals surface area contributed by atoms with Gasteiger partial charge < -0.3 is 19.9 Å². The summed E-state index contributed by atoms with van der Waals surface area (Å²) >= 11 is 0. The quantitative estimate of drug-likeness (QED) is 0.735. The van der Waals surface area contributed by atoms with Gasteiger partial charge in [0.25, 0.3) is 0 Å². The van der Waals surface area contributed by atoms with Crippen LogP contribution in [0.3, 0.4) is 0 Å². The molecule has 1 heterocycles. The minimum atomic E-state index is 0.138. The number of ether oxygens (including phenoxy) is 1. The summed E-state index contributed by atoms with van der Waals surface area (Å²) < 4.78 is 5.13. The van der Waals surface area contributed by atoms with Crippen LogP contribution in [-0.2, 0) is 11.2 Å². The third-order valence-electron chi connectivity index (χ3n) is 4.37. The fourth-order valence-electron chi connectivity index (χ4n) is 2.74. The van der Waals surface area contributed by atoms with Gasteiger partial charge in [-0.2, -0.15) is 0 Å². The van der Waals surface area contributed by atoms with Gasteiger partial charge in [-0.3, -0.25) is 4.79 Å². The summed E-state index contributed by atoms with van der Waals surface area (Å²) in [5.74, 6) is 0.987. The lowest BCUT2D eigenvalue weighted by Crippen LogP contribution is -2.45. The van der Waals surface area contributed by atoms with Gasteiger partial charge in [-0.1, -0.05) is 12.1 Å². The number of hydrogen-bond acceptors (Lipinski definition) is 4. The number of carbonyl (C=O) groups is 1. The highest BCUT2D eigenvalue weighted by Crippen LogP contribution is 2.12. The van der Waals surface area contributed by atoms with Gasteiger partial charge in [-0.25, -0.2) is 0 Å². The Morgan fingerprint density at radius 1 is 1.17 bits per heavy atom. The molecule has 2 rings (SSSR count). The molecule has 1 saturated heterocycles. The van der Waals surface area contributed by atoms with Crippen molar-refractivity contribution in [2.75, 3.05) is 53.4 Å². The molecule has 0 atom stereocenters. The van der Waals surface area contributed by atoms with Crippen molar-refractivity contribution in [2.24, 2.45) is 0 Å². The van der Waals surface area contributed by atoms with Crippen molar-refractivity contribution in [1.29, 1.82) is 0 Å². The van der Waals surface area contributed by atoms with Crippen LogP contribution in [0.25, 0.3) is 0 Å². The van der Waals surface area contributed by atoms with E-state index in [-0.39, 0.29) is 5.91 Å². The molecule has 0 radical (unpaired) electrons. The third-order valence-corrected chi connectivity index (χ3v) is 4.37. The maximum atomic E-state index is 11.9. The summed E-state index contributed by atoms with van der Waals surface area (Å²) in [6, 6.07) is 7.89. The molecule has 5 heteroatoms. The molecular weight excluding hydrogens is 290 g/mol. The monoisotopic (exact) mass is 319 g/mol. The molecule has 1 fully saturated rings. The normalized spacial score (nSPS) is 16.3. The Hall–Kier alpha value is -1.59. The van der Waals surface area contributed by atoms with Crippen LogP contribution in [-0.4, -0.2) is 69.1 Å². The average Bonchev–Trinajstić information content (AvgIpc) is 2.59. The number of nitrogens with zero attached hydrogens (tertiary/aromatic N) is 2. The Kier molecular flexibility index (Phi) is 7.36. The van der Waals surface area contributed by atoms with Crippen LogP contribution in [0.1, 0.15) is 18.4 Å². The van der Waals surface area contributed by atoms with Crippen molar-refractivity contribution < 1.29 is 9.53 Å². The molecule has 1 aromatic rings. The predicted molar refractivity (Wildman–Crippen MR) is 92.9 cm³/mol. The van der Waals surface area contributed by atoms with Crippen molar-refractivity contribution in [3.63, 3.8) is 0 Å². The molecule has 5 nitrogen and oxygen atoms in total. The van der Waals surface area contributed by atoms with Gasteiger partial charge in [-0.15, -0.1) is 0 Å². The van der Waals surface area contributed by atoms with E-state index in [1.165, 1.54) is 5.56 Å². The topological polar surface area (TPSA) is 44.8 Å². The van der Waals surface area contributed by atoms with Crippen LogP contribution in [0.4, 0.5) is 0 Å². The van der Waals surface area contributed by atoms with E-state index in [0.717, 1.165) is 57.9 Å². The molecule has 0 spiro atoms. The number of carbonyl (C=O) groups excluding carboxylic acids is 1. The summed E-state index contributed by atoms with van der Waals surface area (Å²) in [7, 11) is 3.82. The average molecular weight is 319 g/mol. The Labute approximate surface area is 139 Å². The first-order valence-electron chi connectivity index (χ1n) is 8.48. The summed E-state index contributed by atoms with van der Waals surface area (Å²) in [6.07, 6.45) is 2.34. The highest BCUT2D eigenvalue weighted by Gasteiger charge is 2.12. The summed E-state index contributed by atoms with van der Waals surface area (Å²) in [6.45, 7) is 6.42. The van der Waals surface area contributed by atoms with Gasteiger partial charge in [0.15, 0.2) is 0 Å². The second-order valence-corrected chi connectivity index (χ2v) is 6.20. The first-order valence-corrected chi connectivity index (χ1v) is 8.48. The Balaban J connectivity index is 1.54. The lowest BCUT2D eigenvalue weighted by molar-refractivity contribution is -0.121. The molecule has 1 aromatic carbocycles. The van der Waals surface area contributed by atoms with E-state index >= 15 is 0 Å². The van der Waals surface area contributed by atoms with E-state index in [1.54, 1.807) is 7.11 Å². The van der Waals surface area contributed by atoms with Crippen LogP contribution >= 0.6 is 0 Å². The first kappa shape index (κ1) is 17.8. The molecule has 0 aliphatic carbocycles. The van der Waals surface area contributed by atoms with E-state index in [0.29, 0.717) is 6.42 Å². The van der Waals surface area contributed by atoms with Crippen LogP contribution in [0.15, 0.2) is 24.3 Å². The lowest BCUT2D eigenvalue weighted by Gasteiger charge is -2.32. The van der Waals surface area contributed by atoms with Crippen molar-refractivity contribution in [2.45, 2.75) is 19.3 Å². The number of nitrogens with one attached hydrogen (secondary N) is 1. The fraction of sp³-hybridized carbons (Fsp3) is 0.611. The number of piperazine rings is 1. The maximum Gasteiger partial charge on any atom is 0.220 e. The smallest absolute Gasteiger partial charge is 0.220 e. The molecule has 1 aliphatic heterocycles. The van der Waals surface area contributed by atoms with Crippen molar-refractivity contribution in [1.82, 2.24) is 15.1 Å². The van der Waals surface area contributed by atoms with E-state index in [1.807, 2.05) is 24.3 Å². The summed E-state index contributed by atoms with van der Waals surface area (Å²) in [4.78, 5) is 16.7. The number of methoxy groups -OCH3 is 1. The van der Waals surface area contributed by atoms with Crippen LogP contribution in [0.5, 0.6) is 5.75 Å². The molecule has 0 unspecified atom stereocenters. The van der Waals surface area contributed by atoms with Crippen LogP contribution in [0.2, 0.25) is 0 Å². The molecule has 0 aromatic heterocycles. The van der Waals surface area contributed by atoms with E-state index in [4.69, 9.17) is 4.74 Å². The molecule has 0 bridgehead atoms. The molecule has 1 aliphatic rings. The fourth-order valence-corrected chi connectivity index (χ4v) is 2.74. The van der Waals surface area contributed by atoms with Gasteiger partial charge in [0, 0.05) is 39.1 Å². The van der Waals surface area contributed by atoms with Crippen molar-refractivity contribution in [3.05, 3.63) is 29.8 Å². The van der Waals surface area contributed by atoms with E-state index in [2.05, 4.69) is 22.2 Å². The number of likely N-dealkylation sites (N-methyl/N-ethyl adjacent to an activating group) is 1. The van der Waals surface area contributed by atoms with Crippen molar-refractivity contribution in [3.8, 4) is 5.75 Å². The Morgan fingerprint density at radius 3 is 2.52 bits per heavy atom. The zero-order chi connectivity index (χ0) is 16.5. The summed E-state index contributed by atoms with van der Waals surface area (Å²) in [5, 5.41) is 3.02. The highest BCUT2D eigenvalue weighted by atomic mass is 16.5. The predicted octanol–water partition coefficient (Wildman–Crippen LogP) is 1.38. The zero-order valence-corrected chi connectivity index (χ0v) is 14.4. The Morgan fingerprint density at radius 2 is 1.87 bits per heavy atom. The SMILES string of the molecule is COc1ccc(CCC(=O)NCCCN2CCN(C)CC2)cc1. The highest BCUT2D eigenvalue weighted by molar-refractivity contribution is 5.76. The minimum Gasteiger partial charge on any atom is -0.497 e. The van der Waals surface area contributed by atoms with Gasteiger partial charge in [0.2, 0.25) is 5.91 Å². The second kappa shape index (κ2) is 9.53. The number of hydrogen-bond donors (Lipinski definition) is 1. The summed E-state index contributed by atoms with van der Waals surface area (Å²) in [5.41, 5.74) is 1.17. The Bertz CT molecular complexity index is 468. The van der Waals surface area contributed by atoms with E-state index in [9.17, 15) is 4.79 Å². The van der Waals surface area contributed by atoms with Gasteiger partial charge >= 0.3 is 0 Å². The number of rotatable bonds is 8. The number of amides is 1. The minimum absolute atomic E-state index is 0.138. The first-order chi connectivity index (χ1) is 11.2. The lowest BCUT2D eigenvalue weighted by atomic mass is 10.1. The van der Waals surface area contributed by atoms with Crippen LogP contribution in [0, 0.1) is 0 Å². The molecule has 23 heavy (non-hydrogen) atoms. The second-order valence-electron chi connectivity index (χ2n) is 6.20. The standard InChI is InChI=1S/C18H29N3O2/c1-20-12-14-21(15-13-20)11-3-10-19-18(22)9-6-16-4-7-17(23-2)8-5-16/h4-5,7-8H,3,6,9-15H2,1-2H3,(H,19,22). The van der Waals surface area contributed by atoms with Gasteiger partial charge in [-0.05, 0) is 44.1 Å². The maximum absolute atomic E-state index is 11.9. The molecular formula is C18H29N3O2. The molecule has 1 amide bonds. The van der Waals surface area contributed by atoms with Crippen LogP contribution < -0.4 is 10.1 Å². The van der Waals surface area contributed by atoms with Crippen molar-refractivity contribution >= 4 is 5.91 Å². The number of aryl methyl sites for hydroxylation is 1. The van der Waals surface area contributed by atoms with Gasteiger partial charge in [0.05, 0.1) is 7.11 Å². The molecule has 128 valence electrons.